The summed E-state index contributed by atoms with van der Waals surface area (Å²) >= 11 is 0. The largest absolute Gasteiger partial charge is 0.311 e. The van der Waals surface area contributed by atoms with Crippen molar-refractivity contribution in [3.8, 4) is 17.2 Å². The lowest BCUT2D eigenvalue weighted by Gasteiger charge is -2.28. The van der Waals surface area contributed by atoms with Crippen molar-refractivity contribution < 1.29 is 0 Å². The first kappa shape index (κ1) is 24.8. The number of allylic oxidation sites excluding steroid dienone is 4. The van der Waals surface area contributed by atoms with Gasteiger partial charge in [-0.1, -0.05) is 75.9 Å². The molecule has 4 rings (SSSR count). The summed E-state index contributed by atoms with van der Waals surface area (Å²) in [6, 6.07) is 25.2. The van der Waals surface area contributed by atoms with Crippen LogP contribution in [0, 0.1) is 11.3 Å². The van der Waals surface area contributed by atoms with E-state index < -0.39 is 0 Å². The second-order valence-corrected chi connectivity index (χ2v) is 8.79. The van der Waals surface area contributed by atoms with E-state index in [0.29, 0.717) is 5.56 Å². The van der Waals surface area contributed by atoms with Crippen LogP contribution in [0.1, 0.15) is 57.7 Å². The molecule has 1 aliphatic carbocycles. The Bertz CT molecular complexity index is 1250. The summed E-state index contributed by atoms with van der Waals surface area (Å²) in [5.41, 5.74) is 9.01. The fourth-order valence-electron chi connectivity index (χ4n) is 4.54. The van der Waals surface area contributed by atoms with Crippen molar-refractivity contribution in [2.75, 3.05) is 4.90 Å². The van der Waals surface area contributed by atoms with Crippen LogP contribution >= 0.6 is 0 Å². The topological polar surface area (TPSA) is 27.0 Å². The molecule has 0 saturated heterocycles. The van der Waals surface area contributed by atoms with Crippen LogP contribution in [0.15, 0.2) is 103 Å². The van der Waals surface area contributed by atoms with Crippen LogP contribution in [0.25, 0.3) is 11.1 Å². The molecule has 1 aliphatic rings. The summed E-state index contributed by atoms with van der Waals surface area (Å²) in [5, 5.41) is 9.14. The summed E-state index contributed by atoms with van der Waals surface area (Å²) in [6.45, 7) is 14.8. The van der Waals surface area contributed by atoms with Gasteiger partial charge in [0.25, 0.3) is 0 Å². The van der Waals surface area contributed by atoms with Gasteiger partial charge in [0.05, 0.1) is 11.6 Å². The highest BCUT2D eigenvalue weighted by Gasteiger charge is 2.35. The molecular formula is C32H34N2. The summed E-state index contributed by atoms with van der Waals surface area (Å²) in [4.78, 5) is 2.19. The zero-order valence-electron chi connectivity index (χ0n) is 21.0. The SMILES string of the molecule is C/C=C\CC.C=C/C(=C\C)N(c1ccc(C#N)cc1)c1ccc2c(c1)C(C)(C)c1ccccc1-2. The van der Waals surface area contributed by atoms with E-state index in [9.17, 15) is 0 Å². The summed E-state index contributed by atoms with van der Waals surface area (Å²) < 4.78 is 0. The molecule has 3 aromatic carbocycles. The quantitative estimate of drug-likeness (QED) is 0.289. The molecule has 0 bridgehead atoms. The van der Waals surface area contributed by atoms with E-state index in [2.05, 4.69) is 99.0 Å². The molecule has 0 amide bonds. The predicted octanol–water partition coefficient (Wildman–Crippen LogP) is 9.06. The van der Waals surface area contributed by atoms with E-state index >= 15 is 0 Å². The standard InChI is InChI=1S/C27H24N2.C5H10/c1-5-20(6-2)29(21-13-11-19(18-28)12-14-21)22-15-16-24-23-9-7-8-10-25(23)27(3,4)26(24)17-22;1-3-5-4-2/h5-17H,1H2,2-4H3;3,5H,4H2,1-2H3/b20-6+;5-3-. The third-order valence-electron chi connectivity index (χ3n) is 6.31. The van der Waals surface area contributed by atoms with Gasteiger partial charge < -0.3 is 4.90 Å². The molecule has 3 aromatic rings. The van der Waals surface area contributed by atoms with Crippen molar-refractivity contribution in [1.82, 2.24) is 0 Å². The van der Waals surface area contributed by atoms with Crippen molar-refractivity contribution in [2.45, 2.75) is 46.5 Å². The van der Waals surface area contributed by atoms with Crippen LogP contribution in [0.2, 0.25) is 0 Å². The second kappa shape index (κ2) is 10.9. The third-order valence-corrected chi connectivity index (χ3v) is 6.31. The minimum atomic E-state index is -0.0530. The molecule has 0 aromatic heterocycles. The summed E-state index contributed by atoms with van der Waals surface area (Å²) in [7, 11) is 0. The Morgan fingerprint density at radius 2 is 1.59 bits per heavy atom. The molecule has 0 heterocycles. The fraction of sp³-hybridized carbons (Fsp3) is 0.219. The van der Waals surface area contributed by atoms with Crippen LogP contribution in [0.3, 0.4) is 0 Å². The highest BCUT2D eigenvalue weighted by molar-refractivity contribution is 5.84. The average molecular weight is 447 g/mol. The van der Waals surface area contributed by atoms with E-state index in [4.69, 9.17) is 5.26 Å². The minimum absolute atomic E-state index is 0.0530. The van der Waals surface area contributed by atoms with Gasteiger partial charge in [-0.3, -0.25) is 0 Å². The first-order valence-electron chi connectivity index (χ1n) is 11.9. The van der Waals surface area contributed by atoms with Gasteiger partial charge in [-0.05, 0) is 85.0 Å². The Kier molecular flexibility index (Phi) is 7.92. The van der Waals surface area contributed by atoms with Crippen molar-refractivity contribution in [3.63, 3.8) is 0 Å². The van der Waals surface area contributed by atoms with Gasteiger partial charge in [-0.25, -0.2) is 0 Å². The third kappa shape index (κ3) is 4.75. The summed E-state index contributed by atoms with van der Waals surface area (Å²) in [6.07, 6.45) is 9.26. The summed E-state index contributed by atoms with van der Waals surface area (Å²) in [5.74, 6) is 0. The molecule has 34 heavy (non-hydrogen) atoms. The molecule has 2 nitrogen and oxygen atoms in total. The van der Waals surface area contributed by atoms with Crippen LogP contribution < -0.4 is 4.90 Å². The fourth-order valence-corrected chi connectivity index (χ4v) is 4.54. The number of fused-ring (bicyclic) bond motifs is 3. The van der Waals surface area contributed by atoms with E-state index in [-0.39, 0.29) is 5.41 Å². The molecule has 0 saturated carbocycles. The second-order valence-electron chi connectivity index (χ2n) is 8.79. The van der Waals surface area contributed by atoms with Crippen LogP contribution in [-0.2, 0) is 5.41 Å². The van der Waals surface area contributed by atoms with E-state index in [1.165, 1.54) is 22.3 Å². The molecule has 172 valence electrons. The highest BCUT2D eigenvalue weighted by Crippen LogP contribution is 2.50. The molecule has 0 unspecified atom stereocenters. The monoisotopic (exact) mass is 446 g/mol. The van der Waals surface area contributed by atoms with Crippen LogP contribution in [0.4, 0.5) is 11.4 Å². The van der Waals surface area contributed by atoms with Crippen LogP contribution in [-0.4, -0.2) is 0 Å². The van der Waals surface area contributed by atoms with Gasteiger partial charge in [-0.15, -0.1) is 0 Å². The maximum atomic E-state index is 9.14. The average Bonchev–Trinajstić information content (AvgIpc) is 3.10. The zero-order chi connectivity index (χ0) is 24.7. The Labute approximate surface area is 205 Å². The van der Waals surface area contributed by atoms with Crippen LogP contribution in [0.5, 0.6) is 0 Å². The number of hydrogen-bond donors (Lipinski definition) is 0. The maximum Gasteiger partial charge on any atom is 0.0991 e. The molecule has 2 heteroatoms. The normalized spacial score (nSPS) is 13.4. The number of hydrogen-bond acceptors (Lipinski definition) is 2. The van der Waals surface area contributed by atoms with Gasteiger partial charge in [0.2, 0.25) is 0 Å². The lowest BCUT2D eigenvalue weighted by molar-refractivity contribution is 0.660. The molecule has 0 N–H and O–H groups in total. The molecule has 0 spiro atoms. The lowest BCUT2D eigenvalue weighted by atomic mass is 9.82. The number of rotatable bonds is 5. The van der Waals surface area contributed by atoms with Gasteiger partial charge >= 0.3 is 0 Å². The maximum absolute atomic E-state index is 9.14. The Hall–Kier alpha value is -3.83. The first-order chi connectivity index (χ1) is 16.4. The Morgan fingerprint density at radius 1 is 0.941 bits per heavy atom. The first-order valence-corrected chi connectivity index (χ1v) is 11.9. The molecule has 0 radical (unpaired) electrons. The van der Waals surface area contributed by atoms with Gasteiger partial charge in [0.1, 0.15) is 0 Å². The minimum Gasteiger partial charge on any atom is -0.311 e. The lowest BCUT2D eigenvalue weighted by Crippen LogP contribution is -2.18. The van der Waals surface area contributed by atoms with Gasteiger partial charge in [0.15, 0.2) is 0 Å². The van der Waals surface area contributed by atoms with Crippen molar-refractivity contribution >= 4 is 11.4 Å². The molecule has 0 atom stereocenters. The molecule has 0 aliphatic heterocycles. The predicted molar refractivity (Wildman–Crippen MR) is 146 cm³/mol. The van der Waals surface area contributed by atoms with Crippen molar-refractivity contribution in [1.29, 1.82) is 5.26 Å². The van der Waals surface area contributed by atoms with E-state index in [1.807, 2.05) is 44.2 Å². The Morgan fingerprint density at radius 3 is 2.15 bits per heavy atom. The smallest absolute Gasteiger partial charge is 0.0991 e. The van der Waals surface area contributed by atoms with Gasteiger partial charge in [0, 0.05) is 22.5 Å². The zero-order valence-corrected chi connectivity index (χ0v) is 21.0. The molecular weight excluding hydrogens is 412 g/mol. The van der Waals surface area contributed by atoms with Crippen molar-refractivity contribution in [2.24, 2.45) is 0 Å². The Balaban J connectivity index is 0.000000588. The number of benzene rings is 3. The number of nitriles is 1. The van der Waals surface area contributed by atoms with Gasteiger partial charge in [-0.2, -0.15) is 5.26 Å². The number of nitrogens with zero attached hydrogens (tertiary/aromatic N) is 2. The van der Waals surface area contributed by atoms with Crippen molar-refractivity contribution in [3.05, 3.63) is 120 Å². The molecule has 0 fully saturated rings. The van der Waals surface area contributed by atoms with E-state index in [0.717, 1.165) is 23.5 Å². The van der Waals surface area contributed by atoms with E-state index in [1.54, 1.807) is 0 Å². The number of anilines is 2. The highest BCUT2D eigenvalue weighted by atomic mass is 15.1.